The van der Waals surface area contributed by atoms with Gasteiger partial charge in [0, 0.05) is 19.1 Å². The van der Waals surface area contributed by atoms with Crippen LogP contribution < -0.4 is 5.69 Å². The molecule has 1 aromatic rings. The molecule has 1 aromatic heterocycles. The van der Waals surface area contributed by atoms with E-state index >= 15 is 0 Å². The fourth-order valence-corrected chi connectivity index (χ4v) is 5.49. The number of sulfone groups is 1. The molecule has 1 saturated heterocycles. The van der Waals surface area contributed by atoms with Gasteiger partial charge in [0.1, 0.15) is 0 Å². The number of thioether (sulfide) groups is 1. The summed E-state index contributed by atoms with van der Waals surface area (Å²) in [4.78, 5) is 26.1. The summed E-state index contributed by atoms with van der Waals surface area (Å²) in [5, 5.41) is 6.87. The van der Waals surface area contributed by atoms with Gasteiger partial charge in [-0.1, -0.05) is 32.0 Å². The van der Waals surface area contributed by atoms with Gasteiger partial charge in [0.25, 0.3) is 0 Å². The fraction of sp³-hybridized carbons (Fsp3) is 0.800. The molecule has 2 heterocycles. The average molecular weight is 391 g/mol. The van der Waals surface area contributed by atoms with Gasteiger partial charge in [0.15, 0.2) is 15.0 Å². The SMILES string of the molecule is CCCCN(C(=O)CSc1n[nH]c(=O)n1CCC)[C@@H]1CCS(=O)(=O)C1. The van der Waals surface area contributed by atoms with E-state index in [4.69, 9.17) is 0 Å². The lowest BCUT2D eigenvalue weighted by Crippen LogP contribution is -2.42. The molecule has 1 N–H and O–H groups in total. The van der Waals surface area contributed by atoms with Crippen molar-refractivity contribution in [2.45, 2.75) is 57.3 Å². The minimum absolute atomic E-state index is 0.0517. The molecule has 1 aliphatic heterocycles. The molecule has 142 valence electrons. The zero-order valence-electron chi connectivity index (χ0n) is 14.7. The molecule has 0 aliphatic carbocycles. The number of nitrogens with zero attached hydrogens (tertiary/aromatic N) is 3. The molecule has 0 bridgehead atoms. The van der Waals surface area contributed by atoms with Crippen molar-refractivity contribution in [3.05, 3.63) is 10.5 Å². The van der Waals surface area contributed by atoms with Gasteiger partial charge in [0.2, 0.25) is 5.91 Å². The quantitative estimate of drug-likeness (QED) is 0.628. The predicted molar refractivity (Wildman–Crippen MR) is 97.5 cm³/mol. The number of hydrogen-bond acceptors (Lipinski definition) is 6. The minimum atomic E-state index is -3.04. The normalized spacial score (nSPS) is 19.2. The van der Waals surface area contributed by atoms with Crippen molar-refractivity contribution in [3.63, 3.8) is 0 Å². The maximum absolute atomic E-state index is 12.7. The standard InChI is InChI=1S/C15H26N4O4S2/c1-3-5-8-18(12-6-9-25(22,23)11-12)13(20)10-24-15-17-16-14(21)19(15)7-4-2/h12H,3-11H2,1-2H3,(H,16,21)/t12-/m1/s1. The van der Waals surface area contributed by atoms with Crippen LogP contribution in [0.4, 0.5) is 0 Å². The number of rotatable bonds is 9. The molecule has 0 spiro atoms. The van der Waals surface area contributed by atoms with E-state index in [2.05, 4.69) is 10.2 Å². The van der Waals surface area contributed by atoms with Gasteiger partial charge in [-0.25, -0.2) is 18.3 Å². The highest BCUT2D eigenvalue weighted by atomic mass is 32.2. The molecule has 25 heavy (non-hydrogen) atoms. The number of aromatic amines is 1. The number of amides is 1. The molecular formula is C15H26N4O4S2. The van der Waals surface area contributed by atoms with E-state index in [-0.39, 0.29) is 34.9 Å². The monoisotopic (exact) mass is 390 g/mol. The van der Waals surface area contributed by atoms with Gasteiger partial charge in [0.05, 0.1) is 17.3 Å². The van der Waals surface area contributed by atoms with E-state index in [0.717, 1.165) is 19.3 Å². The third kappa shape index (κ3) is 5.34. The Morgan fingerprint density at radius 3 is 2.76 bits per heavy atom. The summed E-state index contributed by atoms with van der Waals surface area (Å²) in [6, 6.07) is -0.235. The summed E-state index contributed by atoms with van der Waals surface area (Å²) in [7, 11) is -3.04. The first kappa shape index (κ1) is 20.0. The maximum Gasteiger partial charge on any atom is 0.343 e. The molecule has 0 saturated carbocycles. The van der Waals surface area contributed by atoms with Crippen LogP contribution in [0.15, 0.2) is 9.95 Å². The van der Waals surface area contributed by atoms with Crippen molar-refractivity contribution in [2.24, 2.45) is 0 Å². The van der Waals surface area contributed by atoms with Crippen LogP contribution in [0.2, 0.25) is 0 Å². The van der Waals surface area contributed by atoms with E-state index in [1.54, 1.807) is 4.90 Å². The molecule has 1 aliphatic rings. The summed E-state index contributed by atoms with van der Waals surface area (Å²) in [5.74, 6) is 0.250. The second-order valence-corrected chi connectivity index (χ2v) is 9.42. The summed E-state index contributed by atoms with van der Waals surface area (Å²) in [6.45, 7) is 5.12. The zero-order chi connectivity index (χ0) is 18.4. The lowest BCUT2D eigenvalue weighted by Gasteiger charge is -2.28. The van der Waals surface area contributed by atoms with E-state index in [9.17, 15) is 18.0 Å². The topological polar surface area (TPSA) is 105 Å². The molecule has 2 rings (SSSR count). The molecule has 10 heteroatoms. The van der Waals surface area contributed by atoms with Gasteiger partial charge in [-0.2, -0.15) is 0 Å². The van der Waals surface area contributed by atoms with Crippen LogP contribution in [0.3, 0.4) is 0 Å². The Hall–Kier alpha value is -1.29. The molecule has 1 atom stereocenters. The van der Waals surface area contributed by atoms with Crippen molar-refractivity contribution in [1.82, 2.24) is 19.7 Å². The first-order valence-corrected chi connectivity index (χ1v) is 11.5. The van der Waals surface area contributed by atoms with Crippen LogP contribution in [-0.4, -0.2) is 63.8 Å². The van der Waals surface area contributed by atoms with Crippen LogP contribution in [-0.2, 0) is 21.2 Å². The van der Waals surface area contributed by atoms with Gasteiger partial charge >= 0.3 is 5.69 Å². The van der Waals surface area contributed by atoms with Crippen LogP contribution >= 0.6 is 11.8 Å². The Morgan fingerprint density at radius 2 is 2.16 bits per heavy atom. The smallest absolute Gasteiger partial charge is 0.338 e. The van der Waals surface area contributed by atoms with Crippen molar-refractivity contribution < 1.29 is 13.2 Å². The van der Waals surface area contributed by atoms with Crippen molar-refractivity contribution in [1.29, 1.82) is 0 Å². The molecule has 1 amide bonds. The highest BCUT2D eigenvalue weighted by molar-refractivity contribution is 7.99. The molecule has 8 nitrogen and oxygen atoms in total. The average Bonchev–Trinajstić information content (AvgIpc) is 3.09. The number of nitrogens with one attached hydrogen (secondary N) is 1. The second kappa shape index (κ2) is 8.88. The first-order chi connectivity index (χ1) is 11.9. The number of carbonyl (C=O) groups is 1. The van der Waals surface area contributed by atoms with Crippen LogP contribution in [0.25, 0.3) is 0 Å². The highest BCUT2D eigenvalue weighted by Gasteiger charge is 2.34. The van der Waals surface area contributed by atoms with Gasteiger partial charge in [-0.3, -0.25) is 9.36 Å². The van der Waals surface area contributed by atoms with E-state index in [1.165, 1.54) is 16.3 Å². The number of H-pyrrole nitrogens is 1. The minimum Gasteiger partial charge on any atom is -0.338 e. The number of carbonyl (C=O) groups excluding carboxylic acids is 1. The summed E-state index contributed by atoms with van der Waals surface area (Å²) >= 11 is 1.22. The number of hydrogen-bond donors (Lipinski definition) is 1. The van der Waals surface area contributed by atoms with Crippen molar-refractivity contribution >= 4 is 27.5 Å². The Morgan fingerprint density at radius 1 is 1.40 bits per heavy atom. The Balaban J connectivity index is 2.03. The third-order valence-electron chi connectivity index (χ3n) is 4.22. The van der Waals surface area contributed by atoms with Crippen LogP contribution in [0.1, 0.15) is 39.5 Å². The second-order valence-electron chi connectivity index (χ2n) is 6.25. The molecule has 0 aromatic carbocycles. The predicted octanol–water partition coefficient (Wildman–Crippen LogP) is 0.889. The lowest BCUT2D eigenvalue weighted by atomic mass is 10.2. The van der Waals surface area contributed by atoms with Gasteiger partial charge in [-0.15, -0.1) is 5.10 Å². The summed E-state index contributed by atoms with van der Waals surface area (Å²) in [6.07, 6.45) is 3.08. The lowest BCUT2D eigenvalue weighted by molar-refractivity contribution is -0.130. The maximum atomic E-state index is 12.7. The van der Waals surface area contributed by atoms with Gasteiger partial charge < -0.3 is 4.90 Å². The largest absolute Gasteiger partial charge is 0.343 e. The van der Waals surface area contributed by atoms with E-state index in [0.29, 0.717) is 24.7 Å². The first-order valence-electron chi connectivity index (χ1n) is 8.65. The molecule has 0 radical (unpaired) electrons. The molecule has 1 fully saturated rings. The summed E-state index contributed by atoms with van der Waals surface area (Å²) < 4.78 is 25.0. The van der Waals surface area contributed by atoms with E-state index < -0.39 is 9.84 Å². The van der Waals surface area contributed by atoms with E-state index in [1.807, 2.05) is 13.8 Å². The number of aromatic nitrogens is 3. The summed E-state index contributed by atoms with van der Waals surface area (Å²) in [5.41, 5.74) is -0.276. The van der Waals surface area contributed by atoms with Gasteiger partial charge in [-0.05, 0) is 19.3 Å². The Bertz CT molecular complexity index is 741. The molecule has 0 unspecified atom stereocenters. The fourth-order valence-electron chi connectivity index (χ4n) is 2.90. The van der Waals surface area contributed by atoms with Crippen LogP contribution in [0.5, 0.6) is 0 Å². The highest BCUT2D eigenvalue weighted by Crippen LogP contribution is 2.21. The van der Waals surface area contributed by atoms with Crippen molar-refractivity contribution in [3.8, 4) is 0 Å². The van der Waals surface area contributed by atoms with Crippen molar-refractivity contribution in [2.75, 3.05) is 23.8 Å². The zero-order valence-corrected chi connectivity index (χ0v) is 16.4. The number of unbranched alkanes of at least 4 members (excludes halogenated alkanes) is 1. The third-order valence-corrected chi connectivity index (χ3v) is 6.93. The molecular weight excluding hydrogens is 364 g/mol. The Kier molecular flexibility index (Phi) is 7.12. The Labute approximate surface area is 152 Å². The van der Waals surface area contributed by atoms with Crippen LogP contribution in [0, 0.1) is 0 Å².